The zero-order chi connectivity index (χ0) is 23.5. The number of halogens is 2. The summed E-state index contributed by atoms with van der Waals surface area (Å²) in [5, 5.41) is 2.68. The Morgan fingerprint density at radius 2 is 2.06 bits per heavy atom. The summed E-state index contributed by atoms with van der Waals surface area (Å²) in [6.45, 7) is 8.40. The minimum Gasteiger partial charge on any atom is -0.370 e. The number of ether oxygens (including phenoxy) is 1. The van der Waals surface area contributed by atoms with Gasteiger partial charge in [0.05, 0.1) is 6.61 Å². The van der Waals surface area contributed by atoms with Gasteiger partial charge in [0, 0.05) is 43.1 Å². The second-order valence-corrected chi connectivity index (χ2v) is 9.84. The number of alkyl halides is 2. The normalized spacial score (nSPS) is 18.4. The second kappa shape index (κ2) is 10.2. The number of benzene rings is 1. The van der Waals surface area contributed by atoms with Gasteiger partial charge in [-0.25, -0.2) is 8.78 Å². The van der Waals surface area contributed by atoms with Crippen LogP contribution in [0.1, 0.15) is 45.6 Å². The minimum absolute atomic E-state index is 0.0371. The minimum atomic E-state index is -2.81. The first kappa shape index (κ1) is 24.5. The number of nitrogens with one attached hydrogen (secondary N) is 1. The number of nitrogens with zero attached hydrogens (tertiary/aromatic N) is 2. The average molecular weight is 453 g/mol. The van der Waals surface area contributed by atoms with E-state index in [0.29, 0.717) is 31.3 Å². The molecule has 3 N–H and O–H groups in total. The number of anilines is 2. The second-order valence-electron chi connectivity index (χ2n) is 9.84. The van der Waals surface area contributed by atoms with Crippen LogP contribution in [0.5, 0.6) is 0 Å². The monoisotopic (exact) mass is 452 g/mol. The third-order valence-electron chi connectivity index (χ3n) is 5.66. The van der Waals surface area contributed by atoms with Crippen LogP contribution < -0.4 is 16.0 Å². The maximum atomic E-state index is 13.9. The largest absolute Gasteiger partial charge is 0.370 e. The molecule has 1 heterocycles. The standard InChI is InChI=1S/C23H34F2N4O3/c1-23(2,3)14-28(12-15-4-5-15)19(11-26)22(31)27-18-7-6-16(10-17(18)21(24)25)29-8-9-32-13-20(29)30/h6-7,10,15,19,21H,4-5,8-9,11-14,26H2,1-3H3,(H,27,31)/t19-/m1/s1. The number of hydrogen-bond donors (Lipinski definition) is 2. The molecular weight excluding hydrogens is 418 g/mol. The van der Waals surface area contributed by atoms with Gasteiger partial charge < -0.3 is 20.7 Å². The number of carbonyl (C=O) groups is 2. The van der Waals surface area contributed by atoms with Gasteiger partial charge in [-0.2, -0.15) is 0 Å². The van der Waals surface area contributed by atoms with Gasteiger partial charge in [0.25, 0.3) is 12.3 Å². The fourth-order valence-electron chi connectivity index (χ4n) is 3.98. The van der Waals surface area contributed by atoms with E-state index >= 15 is 0 Å². The van der Waals surface area contributed by atoms with Crippen LogP contribution in [-0.2, 0) is 14.3 Å². The van der Waals surface area contributed by atoms with Gasteiger partial charge in [0.1, 0.15) is 12.6 Å². The zero-order valence-electron chi connectivity index (χ0n) is 19.1. The van der Waals surface area contributed by atoms with Gasteiger partial charge in [-0.1, -0.05) is 20.8 Å². The molecule has 0 aromatic heterocycles. The Labute approximate surface area is 188 Å². The van der Waals surface area contributed by atoms with E-state index in [2.05, 4.69) is 31.0 Å². The molecule has 1 aromatic carbocycles. The first-order valence-electron chi connectivity index (χ1n) is 11.1. The molecule has 1 saturated carbocycles. The number of nitrogens with two attached hydrogens (primary N) is 1. The fraction of sp³-hybridized carbons (Fsp3) is 0.652. The van der Waals surface area contributed by atoms with Crippen LogP contribution in [0.3, 0.4) is 0 Å². The molecule has 2 fully saturated rings. The van der Waals surface area contributed by atoms with E-state index in [1.165, 1.54) is 17.0 Å². The van der Waals surface area contributed by atoms with Crippen molar-refractivity contribution in [3.05, 3.63) is 23.8 Å². The van der Waals surface area contributed by atoms with Crippen LogP contribution >= 0.6 is 0 Å². The fourth-order valence-corrected chi connectivity index (χ4v) is 3.98. The van der Waals surface area contributed by atoms with E-state index < -0.39 is 18.4 Å². The molecule has 1 aliphatic carbocycles. The average Bonchev–Trinajstić information content (AvgIpc) is 3.52. The molecule has 0 spiro atoms. The van der Waals surface area contributed by atoms with Crippen molar-refractivity contribution in [3.63, 3.8) is 0 Å². The van der Waals surface area contributed by atoms with Gasteiger partial charge in [0.2, 0.25) is 5.91 Å². The van der Waals surface area contributed by atoms with Gasteiger partial charge in [-0.3, -0.25) is 14.5 Å². The van der Waals surface area contributed by atoms with Crippen LogP contribution in [0.25, 0.3) is 0 Å². The first-order valence-corrected chi connectivity index (χ1v) is 11.1. The predicted molar refractivity (Wildman–Crippen MR) is 120 cm³/mol. The van der Waals surface area contributed by atoms with Crippen molar-refractivity contribution in [3.8, 4) is 0 Å². The van der Waals surface area contributed by atoms with E-state index in [-0.39, 0.29) is 35.7 Å². The van der Waals surface area contributed by atoms with Crippen molar-refractivity contribution >= 4 is 23.2 Å². The quantitative estimate of drug-likeness (QED) is 0.601. The summed E-state index contributed by atoms with van der Waals surface area (Å²) in [4.78, 5) is 28.7. The lowest BCUT2D eigenvalue weighted by atomic mass is 9.94. The highest BCUT2D eigenvalue weighted by molar-refractivity contribution is 5.97. The van der Waals surface area contributed by atoms with Crippen LogP contribution in [0.4, 0.5) is 20.2 Å². The number of morpholine rings is 1. The molecule has 1 saturated heterocycles. The molecule has 178 valence electrons. The van der Waals surface area contributed by atoms with Crippen LogP contribution in [0.15, 0.2) is 18.2 Å². The number of hydrogen-bond acceptors (Lipinski definition) is 5. The van der Waals surface area contributed by atoms with Crippen molar-refractivity contribution < 1.29 is 23.1 Å². The summed E-state index contributed by atoms with van der Waals surface area (Å²) in [5.41, 5.74) is 6.01. The molecule has 1 aromatic rings. The lowest BCUT2D eigenvalue weighted by Gasteiger charge is -2.35. The van der Waals surface area contributed by atoms with E-state index in [1.54, 1.807) is 6.07 Å². The van der Waals surface area contributed by atoms with Crippen LogP contribution in [0, 0.1) is 11.3 Å². The third kappa shape index (κ3) is 6.46. The van der Waals surface area contributed by atoms with Crippen molar-refractivity contribution in [2.24, 2.45) is 17.1 Å². The number of rotatable bonds is 9. The maximum Gasteiger partial charge on any atom is 0.265 e. The molecule has 0 unspecified atom stereocenters. The number of amides is 2. The zero-order valence-corrected chi connectivity index (χ0v) is 19.1. The van der Waals surface area contributed by atoms with E-state index in [9.17, 15) is 18.4 Å². The summed E-state index contributed by atoms with van der Waals surface area (Å²) in [7, 11) is 0. The van der Waals surface area contributed by atoms with Crippen molar-refractivity contribution in [2.45, 2.75) is 46.1 Å². The Balaban J connectivity index is 1.80. The maximum absolute atomic E-state index is 13.9. The SMILES string of the molecule is CC(C)(C)CN(CC1CC1)[C@H](CN)C(=O)Nc1ccc(N2CCOCC2=O)cc1C(F)F. The van der Waals surface area contributed by atoms with Crippen molar-refractivity contribution in [2.75, 3.05) is 49.6 Å². The van der Waals surface area contributed by atoms with Crippen molar-refractivity contribution in [1.29, 1.82) is 0 Å². The Morgan fingerprint density at radius 3 is 2.62 bits per heavy atom. The Morgan fingerprint density at radius 1 is 1.34 bits per heavy atom. The highest BCUT2D eigenvalue weighted by Crippen LogP contribution is 2.33. The summed E-state index contributed by atoms with van der Waals surface area (Å²) in [6, 6.07) is 3.65. The topological polar surface area (TPSA) is 87.9 Å². The predicted octanol–water partition coefficient (Wildman–Crippen LogP) is 3.01. The molecule has 32 heavy (non-hydrogen) atoms. The molecule has 2 amide bonds. The highest BCUT2D eigenvalue weighted by atomic mass is 19.3. The van der Waals surface area contributed by atoms with Crippen LogP contribution in [-0.4, -0.2) is 62.1 Å². The molecule has 0 bridgehead atoms. The van der Waals surface area contributed by atoms with Gasteiger partial charge >= 0.3 is 0 Å². The molecule has 7 nitrogen and oxygen atoms in total. The third-order valence-corrected chi connectivity index (χ3v) is 5.66. The van der Waals surface area contributed by atoms with E-state index in [1.807, 2.05) is 0 Å². The summed E-state index contributed by atoms with van der Waals surface area (Å²) in [5.74, 6) is -0.120. The van der Waals surface area contributed by atoms with Gasteiger partial charge in [0.15, 0.2) is 0 Å². The highest BCUT2D eigenvalue weighted by Gasteiger charge is 2.34. The van der Waals surface area contributed by atoms with Crippen LogP contribution in [0.2, 0.25) is 0 Å². The molecule has 1 atom stereocenters. The van der Waals surface area contributed by atoms with Gasteiger partial charge in [-0.05, 0) is 42.4 Å². The first-order chi connectivity index (χ1) is 15.1. The lowest BCUT2D eigenvalue weighted by molar-refractivity contribution is -0.125. The molecule has 2 aliphatic rings. The summed E-state index contributed by atoms with van der Waals surface area (Å²) >= 11 is 0. The van der Waals surface area contributed by atoms with Gasteiger partial charge in [-0.15, -0.1) is 0 Å². The Bertz CT molecular complexity index is 824. The Kier molecular flexibility index (Phi) is 7.84. The molecule has 3 rings (SSSR count). The molecule has 1 aliphatic heterocycles. The molecular formula is C23H34F2N4O3. The smallest absolute Gasteiger partial charge is 0.265 e. The van der Waals surface area contributed by atoms with E-state index in [4.69, 9.17) is 10.5 Å². The molecule has 9 heteroatoms. The lowest BCUT2D eigenvalue weighted by Crippen LogP contribution is -2.52. The van der Waals surface area contributed by atoms with E-state index in [0.717, 1.165) is 19.4 Å². The Hall–Kier alpha value is -2.10. The summed E-state index contributed by atoms with van der Waals surface area (Å²) < 4.78 is 32.8. The number of carbonyl (C=O) groups excluding carboxylic acids is 2. The van der Waals surface area contributed by atoms with Crippen molar-refractivity contribution in [1.82, 2.24) is 4.90 Å². The summed E-state index contributed by atoms with van der Waals surface area (Å²) in [6.07, 6.45) is -0.539. The molecule has 0 radical (unpaired) electrons.